The largest absolute Gasteiger partial charge is 0.339 e. The Morgan fingerprint density at radius 2 is 1.90 bits per heavy atom. The molecular formula is C21H27FN4O3S. The average molecular weight is 435 g/mol. The SMILES string of the molecule is CC(C)NS(=O)(=O)c1ccc(CCC(=O)NC2CC(c3cccc(F)c3)NN2)cc1. The van der Waals surface area contributed by atoms with Crippen molar-refractivity contribution >= 4 is 15.9 Å². The quantitative estimate of drug-likeness (QED) is 0.510. The van der Waals surface area contributed by atoms with E-state index in [0.717, 1.165) is 11.1 Å². The van der Waals surface area contributed by atoms with Gasteiger partial charge in [0.25, 0.3) is 0 Å². The van der Waals surface area contributed by atoms with Crippen molar-refractivity contribution in [1.82, 2.24) is 20.9 Å². The molecule has 1 aliphatic rings. The summed E-state index contributed by atoms with van der Waals surface area (Å²) >= 11 is 0. The van der Waals surface area contributed by atoms with Crippen LogP contribution in [-0.4, -0.2) is 26.5 Å². The lowest BCUT2D eigenvalue weighted by molar-refractivity contribution is -0.121. The van der Waals surface area contributed by atoms with E-state index in [-0.39, 0.29) is 41.3 Å². The van der Waals surface area contributed by atoms with Crippen LogP contribution in [0.5, 0.6) is 0 Å². The lowest BCUT2D eigenvalue weighted by atomic mass is 10.0. The first-order chi connectivity index (χ1) is 14.2. The van der Waals surface area contributed by atoms with Crippen LogP contribution in [0.15, 0.2) is 53.4 Å². The van der Waals surface area contributed by atoms with Gasteiger partial charge in [-0.2, -0.15) is 0 Å². The third-order valence-electron chi connectivity index (χ3n) is 4.75. The molecule has 1 aliphatic heterocycles. The van der Waals surface area contributed by atoms with E-state index in [4.69, 9.17) is 0 Å². The Labute approximate surface area is 176 Å². The van der Waals surface area contributed by atoms with Gasteiger partial charge in [-0.3, -0.25) is 4.79 Å². The molecule has 2 aromatic carbocycles. The zero-order valence-electron chi connectivity index (χ0n) is 17.0. The Morgan fingerprint density at radius 1 is 1.17 bits per heavy atom. The first kappa shape index (κ1) is 22.4. The van der Waals surface area contributed by atoms with Crippen LogP contribution in [0.25, 0.3) is 0 Å². The van der Waals surface area contributed by atoms with E-state index in [1.165, 1.54) is 12.1 Å². The van der Waals surface area contributed by atoms with Crippen LogP contribution >= 0.6 is 0 Å². The van der Waals surface area contributed by atoms with Gasteiger partial charge in [0, 0.05) is 24.9 Å². The van der Waals surface area contributed by atoms with Gasteiger partial charge in [-0.25, -0.2) is 28.4 Å². The molecule has 0 aromatic heterocycles. The van der Waals surface area contributed by atoms with Crippen molar-refractivity contribution in [2.75, 3.05) is 0 Å². The van der Waals surface area contributed by atoms with E-state index in [0.29, 0.717) is 12.8 Å². The highest BCUT2D eigenvalue weighted by atomic mass is 32.2. The van der Waals surface area contributed by atoms with E-state index in [9.17, 15) is 17.6 Å². The summed E-state index contributed by atoms with van der Waals surface area (Å²) in [5, 5.41) is 2.91. The van der Waals surface area contributed by atoms with Crippen molar-refractivity contribution in [3.8, 4) is 0 Å². The van der Waals surface area contributed by atoms with Crippen molar-refractivity contribution in [1.29, 1.82) is 0 Å². The lowest BCUT2D eigenvalue weighted by Crippen LogP contribution is -2.44. The van der Waals surface area contributed by atoms with Crippen molar-refractivity contribution in [3.05, 3.63) is 65.5 Å². The molecule has 1 fully saturated rings. The predicted molar refractivity (Wildman–Crippen MR) is 112 cm³/mol. The maximum absolute atomic E-state index is 13.4. The lowest BCUT2D eigenvalue weighted by Gasteiger charge is -2.13. The smallest absolute Gasteiger partial charge is 0.240 e. The first-order valence-corrected chi connectivity index (χ1v) is 11.4. The second kappa shape index (κ2) is 9.65. The van der Waals surface area contributed by atoms with Gasteiger partial charge in [-0.15, -0.1) is 0 Å². The Kier molecular flexibility index (Phi) is 7.19. The molecule has 1 heterocycles. The molecule has 4 N–H and O–H groups in total. The Bertz CT molecular complexity index is 980. The number of carbonyl (C=O) groups is 1. The highest BCUT2D eigenvalue weighted by molar-refractivity contribution is 7.89. The van der Waals surface area contributed by atoms with Crippen LogP contribution in [-0.2, 0) is 21.2 Å². The van der Waals surface area contributed by atoms with Gasteiger partial charge >= 0.3 is 0 Å². The van der Waals surface area contributed by atoms with Gasteiger partial charge in [0.2, 0.25) is 15.9 Å². The summed E-state index contributed by atoms with van der Waals surface area (Å²) in [7, 11) is -3.52. The Morgan fingerprint density at radius 3 is 2.57 bits per heavy atom. The summed E-state index contributed by atoms with van der Waals surface area (Å²) in [5.74, 6) is -0.409. The minimum Gasteiger partial charge on any atom is -0.339 e. The fourth-order valence-corrected chi connectivity index (χ4v) is 4.58. The summed E-state index contributed by atoms with van der Waals surface area (Å²) in [6, 6.07) is 12.6. The summed E-state index contributed by atoms with van der Waals surface area (Å²) < 4.78 is 40.2. The van der Waals surface area contributed by atoms with Crippen LogP contribution < -0.4 is 20.9 Å². The normalized spacial score (nSPS) is 19.2. The van der Waals surface area contributed by atoms with Gasteiger partial charge in [0.1, 0.15) is 5.82 Å². The van der Waals surface area contributed by atoms with Crippen LogP contribution in [0.1, 0.15) is 43.9 Å². The van der Waals surface area contributed by atoms with Crippen LogP contribution in [0.3, 0.4) is 0 Å². The van der Waals surface area contributed by atoms with Crippen LogP contribution in [0.4, 0.5) is 4.39 Å². The topological polar surface area (TPSA) is 99.3 Å². The molecule has 3 rings (SSSR count). The molecule has 0 aliphatic carbocycles. The number of rotatable bonds is 8. The molecule has 0 bridgehead atoms. The number of benzene rings is 2. The standard InChI is InChI=1S/C21H27FN4O3S/c1-14(2)26-30(28,29)18-9-6-15(7-10-18)8-11-21(27)23-20-13-19(24-25-20)16-4-3-5-17(22)12-16/h3-7,9-10,12,14,19-20,24-26H,8,11,13H2,1-2H3,(H,23,27). The molecule has 1 saturated heterocycles. The maximum atomic E-state index is 13.4. The number of hydrogen-bond acceptors (Lipinski definition) is 5. The number of hydrogen-bond donors (Lipinski definition) is 4. The van der Waals surface area contributed by atoms with Crippen LogP contribution in [0, 0.1) is 5.82 Å². The second-order valence-electron chi connectivity index (χ2n) is 7.67. The average Bonchev–Trinajstić information content (AvgIpc) is 3.14. The van der Waals surface area contributed by atoms with E-state index in [2.05, 4.69) is 20.9 Å². The van der Waals surface area contributed by atoms with E-state index in [1.807, 2.05) is 6.07 Å². The third kappa shape index (κ3) is 6.09. The summed E-state index contributed by atoms with van der Waals surface area (Å²) in [6.07, 6.45) is 1.13. The highest BCUT2D eigenvalue weighted by Gasteiger charge is 2.26. The van der Waals surface area contributed by atoms with Crippen LogP contribution in [0.2, 0.25) is 0 Å². The first-order valence-electron chi connectivity index (χ1n) is 9.90. The number of nitrogens with one attached hydrogen (secondary N) is 4. The Balaban J connectivity index is 1.47. The van der Waals surface area contributed by atoms with Gasteiger partial charge < -0.3 is 5.32 Å². The zero-order chi connectivity index (χ0) is 21.7. The minimum absolute atomic E-state index is 0.0834. The summed E-state index contributed by atoms with van der Waals surface area (Å²) in [5.41, 5.74) is 7.78. The number of hydrazine groups is 1. The number of amides is 1. The molecule has 2 unspecified atom stereocenters. The summed E-state index contributed by atoms with van der Waals surface area (Å²) in [6.45, 7) is 3.53. The van der Waals surface area contributed by atoms with E-state index >= 15 is 0 Å². The molecule has 0 spiro atoms. The van der Waals surface area contributed by atoms with Crippen molar-refractivity contribution < 1.29 is 17.6 Å². The molecule has 30 heavy (non-hydrogen) atoms. The molecule has 9 heteroatoms. The minimum atomic E-state index is -3.52. The molecule has 2 aromatic rings. The highest BCUT2D eigenvalue weighted by Crippen LogP contribution is 2.22. The fraction of sp³-hybridized carbons (Fsp3) is 0.381. The predicted octanol–water partition coefficient (Wildman–Crippen LogP) is 2.13. The molecule has 1 amide bonds. The van der Waals surface area contributed by atoms with Gasteiger partial charge in [-0.1, -0.05) is 24.3 Å². The molecular weight excluding hydrogens is 407 g/mol. The molecule has 0 saturated carbocycles. The van der Waals surface area contributed by atoms with Crippen molar-refractivity contribution in [3.63, 3.8) is 0 Å². The van der Waals surface area contributed by atoms with Gasteiger partial charge in [-0.05, 0) is 55.7 Å². The zero-order valence-corrected chi connectivity index (χ0v) is 17.8. The van der Waals surface area contributed by atoms with Crippen molar-refractivity contribution in [2.24, 2.45) is 0 Å². The number of aryl methyl sites for hydroxylation is 1. The van der Waals surface area contributed by atoms with Crippen molar-refractivity contribution in [2.45, 2.75) is 56.3 Å². The number of sulfonamides is 1. The fourth-order valence-electron chi connectivity index (χ4n) is 3.33. The molecule has 2 atom stereocenters. The van der Waals surface area contributed by atoms with Gasteiger partial charge in [0.05, 0.1) is 11.1 Å². The second-order valence-corrected chi connectivity index (χ2v) is 9.39. The van der Waals surface area contributed by atoms with E-state index < -0.39 is 10.0 Å². The molecule has 0 radical (unpaired) electrons. The Hall–Kier alpha value is -2.33. The number of carbonyl (C=O) groups excluding carboxylic acids is 1. The van der Waals surface area contributed by atoms with Gasteiger partial charge in [0.15, 0.2) is 0 Å². The number of halogens is 1. The third-order valence-corrected chi connectivity index (χ3v) is 6.43. The monoisotopic (exact) mass is 434 g/mol. The van der Waals surface area contributed by atoms with E-state index in [1.54, 1.807) is 44.2 Å². The maximum Gasteiger partial charge on any atom is 0.240 e. The molecule has 162 valence electrons. The summed E-state index contributed by atoms with van der Waals surface area (Å²) in [4.78, 5) is 12.5. The molecule has 7 nitrogen and oxygen atoms in total.